The van der Waals surface area contributed by atoms with Crippen molar-refractivity contribution in [1.82, 2.24) is 3.97 Å². The van der Waals surface area contributed by atoms with Crippen molar-refractivity contribution in [3.63, 3.8) is 0 Å². The van der Waals surface area contributed by atoms with Crippen LogP contribution in [-0.4, -0.2) is 24.1 Å². The summed E-state index contributed by atoms with van der Waals surface area (Å²) in [6, 6.07) is 13.8. The molecule has 0 aliphatic carbocycles. The number of aryl methyl sites for hydroxylation is 1. The third-order valence-electron chi connectivity index (χ3n) is 5.17. The van der Waals surface area contributed by atoms with Gasteiger partial charge in [0.15, 0.2) is 11.6 Å². The van der Waals surface area contributed by atoms with Crippen LogP contribution in [0.1, 0.15) is 23.1 Å². The zero-order valence-electron chi connectivity index (χ0n) is 18.4. The highest BCUT2D eigenvalue weighted by atomic mass is 32.2. The van der Waals surface area contributed by atoms with E-state index >= 15 is 4.39 Å². The number of nitrogens with zero attached hydrogens (tertiary/aromatic N) is 2. The highest BCUT2D eigenvalue weighted by Crippen LogP contribution is 2.36. The number of aliphatic hydroxyl groups excluding tert-OH is 1. The molecule has 0 fully saturated rings. The van der Waals surface area contributed by atoms with E-state index in [4.69, 9.17) is 15.1 Å². The number of hydrogen-bond acceptors (Lipinski definition) is 5. The molecule has 176 valence electrons. The first kappa shape index (κ1) is 24.0. The topological polar surface area (TPSA) is 92.3 Å². The minimum absolute atomic E-state index is 0.00174. The fourth-order valence-corrected chi connectivity index (χ4v) is 4.78. The Balaban J connectivity index is 1.90. The van der Waals surface area contributed by atoms with Crippen LogP contribution in [0.5, 0.6) is 11.5 Å². The summed E-state index contributed by atoms with van der Waals surface area (Å²) >= 11 is 0. The minimum Gasteiger partial charge on any atom is -0.453 e. The number of nitriles is 1. The molecule has 0 amide bonds. The molecular weight excluding hydrogens is 474 g/mol. The van der Waals surface area contributed by atoms with Crippen LogP contribution in [0.2, 0.25) is 0 Å². The molecule has 0 radical (unpaired) electrons. The predicted octanol–water partition coefficient (Wildman–Crippen LogP) is 4.86. The van der Waals surface area contributed by atoms with Crippen molar-refractivity contribution in [3.05, 3.63) is 89.1 Å². The molecule has 1 heterocycles. The molecule has 0 saturated heterocycles. The highest BCUT2D eigenvalue weighted by molar-refractivity contribution is 7.90. The first-order chi connectivity index (χ1) is 16.8. The van der Waals surface area contributed by atoms with Gasteiger partial charge in [0.25, 0.3) is 10.0 Å². The van der Waals surface area contributed by atoms with E-state index in [1.165, 1.54) is 30.5 Å². The Hall–Kier alpha value is -4.18. The quantitative estimate of drug-likeness (QED) is 0.402. The Kier molecular flexibility index (Phi) is 6.57. The van der Waals surface area contributed by atoms with Crippen molar-refractivity contribution < 1.29 is 27.0 Å². The molecule has 0 aliphatic rings. The van der Waals surface area contributed by atoms with Gasteiger partial charge in [0, 0.05) is 30.1 Å². The summed E-state index contributed by atoms with van der Waals surface area (Å²) < 4.78 is 62.2. The third kappa shape index (κ3) is 4.60. The molecule has 35 heavy (non-hydrogen) atoms. The number of aromatic nitrogens is 1. The maximum absolute atomic E-state index is 15.3. The molecular formula is C26H18F2N2O4S. The van der Waals surface area contributed by atoms with Gasteiger partial charge in [0.05, 0.1) is 28.1 Å². The van der Waals surface area contributed by atoms with Gasteiger partial charge < -0.3 is 9.84 Å². The fraction of sp³-hybridized carbons (Fsp3) is 0.115. The lowest BCUT2D eigenvalue weighted by molar-refractivity contribution is 0.305. The lowest BCUT2D eigenvalue weighted by atomic mass is 10.1. The van der Waals surface area contributed by atoms with Crippen LogP contribution in [0.15, 0.2) is 65.7 Å². The largest absolute Gasteiger partial charge is 0.453 e. The van der Waals surface area contributed by atoms with Crippen molar-refractivity contribution in [2.75, 3.05) is 6.61 Å². The van der Waals surface area contributed by atoms with E-state index in [2.05, 4.69) is 11.8 Å². The van der Waals surface area contributed by atoms with Gasteiger partial charge in [-0.05, 0) is 37.3 Å². The predicted molar refractivity (Wildman–Crippen MR) is 125 cm³/mol. The Morgan fingerprint density at radius 3 is 2.49 bits per heavy atom. The fourth-order valence-electron chi connectivity index (χ4n) is 3.44. The van der Waals surface area contributed by atoms with Gasteiger partial charge in [-0.1, -0.05) is 29.5 Å². The van der Waals surface area contributed by atoms with Crippen LogP contribution in [0, 0.1) is 41.7 Å². The summed E-state index contributed by atoms with van der Waals surface area (Å²) in [4.78, 5) is 0.0320. The second-order valence-corrected chi connectivity index (χ2v) is 9.37. The van der Waals surface area contributed by atoms with Crippen LogP contribution in [0.25, 0.3) is 10.9 Å². The van der Waals surface area contributed by atoms with Crippen molar-refractivity contribution in [1.29, 1.82) is 5.26 Å². The lowest BCUT2D eigenvalue weighted by Gasteiger charge is -2.13. The van der Waals surface area contributed by atoms with Crippen LogP contribution in [-0.2, 0) is 10.0 Å². The van der Waals surface area contributed by atoms with Crippen molar-refractivity contribution >= 4 is 20.9 Å². The van der Waals surface area contributed by atoms with Crippen molar-refractivity contribution in [2.24, 2.45) is 0 Å². The maximum Gasteiger partial charge on any atom is 0.268 e. The zero-order chi connectivity index (χ0) is 25.2. The number of halogens is 2. The van der Waals surface area contributed by atoms with E-state index in [-0.39, 0.29) is 46.1 Å². The molecule has 0 atom stereocenters. The first-order valence-electron chi connectivity index (χ1n) is 10.4. The molecule has 0 spiro atoms. The molecule has 1 N–H and O–H groups in total. The summed E-state index contributed by atoms with van der Waals surface area (Å²) in [6.07, 6.45) is 1.39. The number of rotatable bonds is 5. The summed E-state index contributed by atoms with van der Waals surface area (Å²) in [5, 5.41) is 18.5. The number of fused-ring (bicyclic) bond motifs is 1. The van der Waals surface area contributed by atoms with E-state index in [1.54, 1.807) is 18.2 Å². The molecule has 6 nitrogen and oxygen atoms in total. The standard InChI is InChI=1S/C26H18F2N2O4S/c1-17-5-8-20(9-6-17)35(32,33)30-12-11-21-22(4-2-3-13-31)26(24(28)15-25(21)30)34-19-7-10-23(27)18(14-19)16-29/h5-12,14-15,31H,3,13H2,1H3. The number of aliphatic hydroxyl groups is 1. The van der Waals surface area contributed by atoms with Gasteiger partial charge >= 0.3 is 0 Å². The molecule has 1 aromatic heterocycles. The Labute approximate surface area is 200 Å². The summed E-state index contributed by atoms with van der Waals surface area (Å²) in [5.41, 5.74) is 0.692. The SMILES string of the molecule is Cc1ccc(S(=O)(=O)n2ccc3c(C#CCCO)c(Oc4ccc(F)c(C#N)c4)c(F)cc32)cc1. The van der Waals surface area contributed by atoms with E-state index in [0.717, 1.165) is 27.7 Å². The van der Waals surface area contributed by atoms with Gasteiger partial charge in [-0.15, -0.1) is 0 Å². The second-order valence-electron chi connectivity index (χ2n) is 7.56. The number of ether oxygens (including phenoxy) is 1. The molecule has 0 unspecified atom stereocenters. The normalized spacial score (nSPS) is 11.1. The molecule has 9 heteroatoms. The van der Waals surface area contributed by atoms with Crippen molar-refractivity contribution in [3.8, 4) is 29.4 Å². The summed E-state index contributed by atoms with van der Waals surface area (Å²) in [5.74, 6) is 3.47. The monoisotopic (exact) mass is 492 g/mol. The van der Waals surface area contributed by atoms with Crippen LogP contribution in [0.4, 0.5) is 8.78 Å². The Morgan fingerprint density at radius 1 is 1.06 bits per heavy atom. The highest BCUT2D eigenvalue weighted by Gasteiger charge is 2.23. The van der Waals surface area contributed by atoms with Crippen LogP contribution in [0.3, 0.4) is 0 Å². The molecule has 0 saturated carbocycles. The van der Waals surface area contributed by atoms with Gasteiger partial charge in [0.2, 0.25) is 0 Å². The lowest BCUT2D eigenvalue weighted by Crippen LogP contribution is -2.12. The van der Waals surface area contributed by atoms with Crippen LogP contribution >= 0.6 is 0 Å². The smallest absolute Gasteiger partial charge is 0.268 e. The summed E-state index contributed by atoms with van der Waals surface area (Å²) in [7, 11) is -4.04. The Bertz CT molecular complexity index is 1640. The van der Waals surface area contributed by atoms with Gasteiger partial charge in [-0.25, -0.2) is 21.2 Å². The second kappa shape index (κ2) is 9.59. The van der Waals surface area contributed by atoms with E-state index in [1.807, 2.05) is 6.92 Å². The molecule has 3 aromatic carbocycles. The van der Waals surface area contributed by atoms with E-state index < -0.39 is 21.7 Å². The van der Waals surface area contributed by atoms with Crippen LogP contribution < -0.4 is 4.74 Å². The zero-order valence-corrected chi connectivity index (χ0v) is 19.2. The number of hydrogen-bond donors (Lipinski definition) is 1. The Morgan fingerprint density at radius 2 is 1.80 bits per heavy atom. The van der Waals surface area contributed by atoms with E-state index in [0.29, 0.717) is 5.39 Å². The average molecular weight is 493 g/mol. The first-order valence-corrected chi connectivity index (χ1v) is 11.8. The molecule has 0 aliphatic heterocycles. The van der Waals surface area contributed by atoms with Gasteiger partial charge in [0.1, 0.15) is 17.6 Å². The minimum atomic E-state index is -4.04. The summed E-state index contributed by atoms with van der Waals surface area (Å²) in [6.45, 7) is 1.60. The molecule has 4 rings (SSSR count). The molecule has 0 bridgehead atoms. The third-order valence-corrected chi connectivity index (χ3v) is 6.88. The average Bonchev–Trinajstić information content (AvgIpc) is 3.26. The van der Waals surface area contributed by atoms with Crippen molar-refractivity contribution in [2.45, 2.75) is 18.2 Å². The maximum atomic E-state index is 15.3. The molecule has 4 aromatic rings. The number of benzene rings is 3. The van der Waals surface area contributed by atoms with E-state index in [9.17, 15) is 12.8 Å². The van der Waals surface area contributed by atoms with Gasteiger partial charge in [-0.3, -0.25) is 0 Å². The van der Waals surface area contributed by atoms with Gasteiger partial charge in [-0.2, -0.15) is 5.26 Å².